The van der Waals surface area contributed by atoms with Gasteiger partial charge >= 0.3 is 0 Å². The van der Waals surface area contributed by atoms with Gasteiger partial charge in [0.1, 0.15) is 0 Å². The number of carbonyl (C=O) groups is 1. The number of hydrogen-bond donors (Lipinski definition) is 2. The number of para-hydroxylation sites is 1. The van der Waals surface area contributed by atoms with E-state index in [9.17, 15) is 13.2 Å². The molecule has 5 nitrogen and oxygen atoms in total. The van der Waals surface area contributed by atoms with Gasteiger partial charge in [0.25, 0.3) is 15.9 Å². The molecule has 0 aliphatic heterocycles. The molecule has 4 bridgehead atoms. The van der Waals surface area contributed by atoms with Crippen LogP contribution in [0.5, 0.6) is 0 Å². The Morgan fingerprint density at radius 1 is 0.897 bits per heavy atom. The van der Waals surface area contributed by atoms with E-state index in [1.807, 2.05) is 12.1 Å². The van der Waals surface area contributed by atoms with Gasteiger partial charge < -0.3 is 5.73 Å². The van der Waals surface area contributed by atoms with Crippen molar-refractivity contribution >= 4 is 21.6 Å². The van der Waals surface area contributed by atoms with Gasteiger partial charge in [-0.3, -0.25) is 9.52 Å². The van der Waals surface area contributed by atoms with Crippen molar-refractivity contribution in [1.29, 1.82) is 0 Å². The van der Waals surface area contributed by atoms with Crippen molar-refractivity contribution < 1.29 is 13.2 Å². The van der Waals surface area contributed by atoms with E-state index in [1.54, 1.807) is 30.3 Å². The second-order valence-electron chi connectivity index (χ2n) is 9.24. The second kappa shape index (κ2) is 6.59. The summed E-state index contributed by atoms with van der Waals surface area (Å²) in [6.07, 6.45) is 7.89. The third kappa shape index (κ3) is 3.23. The van der Waals surface area contributed by atoms with E-state index in [2.05, 4.69) is 4.72 Å². The van der Waals surface area contributed by atoms with E-state index in [0.717, 1.165) is 17.8 Å². The number of sulfonamides is 1. The zero-order valence-electron chi connectivity index (χ0n) is 16.3. The van der Waals surface area contributed by atoms with Crippen LogP contribution in [0.2, 0.25) is 0 Å². The van der Waals surface area contributed by atoms with Crippen molar-refractivity contribution in [3.05, 3.63) is 59.7 Å². The fraction of sp³-hybridized carbons (Fsp3) is 0.435. The predicted octanol–water partition coefficient (Wildman–Crippen LogP) is 4.05. The van der Waals surface area contributed by atoms with Gasteiger partial charge in [0.2, 0.25) is 0 Å². The molecule has 6 heteroatoms. The van der Waals surface area contributed by atoms with Crippen LogP contribution >= 0.6 is 0 Å². The van der Waals surface area contributed by atoms with Crippen LogP contribution in [0.15, 0.2) is 53.4 Å². The number of nitrogens with two attached hydrogens (primary N) is 1. The largest absolute Gasteiger partial charge is 0.366 e. The number of anilines is 1. The number of hydrogen-bond acceptors (Lipinski definition) is 3. The van der Waals surface area contributed by atoms with Crippen LogP contribution in [0.1, 0.15) is 54.4 Å². The van der Waals surface area contributed by atoms with Gasteiger partial charge in [-0.15, -0.1) is 0 Å². The first-order valence-corrected chi connectivity index (χ1v) is 11.9. The molecular weight excluding hydrogens is 384 g/mol. The lowest BCUT2D eigenvalue weighted by Gasteiger charge is -2.57. The first-order chi connectivity index (χ1) is 13.8. The summed E-state index contributed by atoms with van der Waals surface area (Å²) >= 11 is 0. The molecule has 1 amide bonds. The Morgan fingerprint density at radius 3 is 2.00 bits per heavy atom. The second-order valence-corrected chi connectivity index (χ2v) is 10.9. The maximum Gasteiger partial charge on any atom is 0.261 e. The summed E-state index contributed by atoms with van der Waals surface area (Å²) < 4.78 is 28.3. The van der Waals surface area contributed by atoms with Crippen molar-refractivity contribution in [2.75, 3.05) is 4.72 Å². The Bertz CT molecular complexity index is 1020. The van der Waals surface area contributed by atoms with E-state index in [-0.39, 0.29) is 21.6 Å². The third-order valence-electron chi connectivity index (χ3n) is 7.25. The van der Waals surface area contributed by atoms with Crippen LogP contribution in [0.4, 0.5) is 5.69 Å². The summed E-state index contributed by atoms with van der Waals surface area (Å²) in [6.45, 7) is 0. The molecule has 0 saturated heterocycles. The number of benzene rings is 2. The van der Waals surface area contributed by atoms with Gasteiger partial charge in [0, 0.05) is 0 Å². The molecular formula is C23H26N2O3S. The first-order valence-electron chi connectivity index (χ1n) is 10.4. The molecule has 0 radical (unpaired) electrons. The number of primary amides is 1. The molecule has 2 aromatic carbocycles. The lowest BCUT2D eigenvalue weighted by Crippen LogP contribution is -2.48. The number of rotatable bonds is 5. The molecule has 0 spiro atoms. The third-order valence-corrected chi connectivity index (χ3v) is 8.63. The first kappa shape index (κ1) is 18.7. The van der Waals surface area contributed by atoms with E-state index in [1.165, 1.54) is 50.2 Å². The van der Waals surface area contributed by atoms with Gasteiger partial charge in [-0.2, -0.15) is 0 Å². The molecule has 29 heavy (non-hydrogen) atoms. The van der Waals surface area contributed by atoms with Gasteiger partial charge in [0.15, 0.2) is 0 Å². The standard InChI is InChI=1S/C23H26N2O3S/c24-22(26)20-3-1-2-4-21(20)25-29(27,28)19-7-5-18(6-8-19)23-12-15-9-16(13-23)11-17(10-15)14-23/h1-8,15-17,25H,9-14H2,(H2,24,26). The minimum atomic E-state index is -3.80. The maximum atomic E-state index is 12.9. The van der Waals surface area contributed by atoms with Crippen molar-refractivity contribution in [2.45, 2.75) is 48.8 Å². The average molecular weight is 411 g/mol. The summed E-state index contributed by atoms with van der Waals surface area (Å²) in [5, 5.41) is 0. The highest BCUT2D eigenvalue weighted by atomic mass is 32.2. The Balaban J connectivity index is 1.41. The molecule has 0 atom stereocenters. The van der Waals surface area contributed by atoms with Gasteiger partial charge in [-0.25, -0.2) is 8.42 Å². The summed E-state index contributed by atoms with van der Waals surface area (Å²) in [5.74, 6) is 1.87. The topological polar surface area (TPSA) is 89.3 Å². The van der Waals surface area contributed by atoms with Crippen molar-refractivity contribution in [2.24, 2.45) is 23.5 Å². The molecule has 6 rings (SSSR count). The van der Waals surface area contributed by atoms with E-state index >= 15 is 0 Å². The number of carbonyl (C=O) groups excluding carboxylic acids is 1. The zero-order valence-corrected chi connectivity index (χ0v) is 17.1. The van der Waals surface area contributed by atoms with Gasteiger partial charge in [-0.1, -0.05) is 24.3 Å². The van der Waals surface area contributed by atoms with E-state index in [4.69, 9.17) is 5.73 Å². The summed E-state index contributed by atoms with van der Waals surface area (Å²) in [6, 6.07) is 13.8. The summed E-state index contributed by atoms with van der Waals surface area (Å²) in [5.41, 5.74) is 7.24. The molecule has 4 aliphatic carbocycles. The zero-order chi connectivity index (χ0) is 20.2. The van der Waals surface area contributed by atoms with Crippen LogP contribution in [-0.4, -0.2) is 14.3 Å². The Hall–Kier alpha value is -2.34. The number of amides is 1. The molecule has 152 valence electrons. The molecule has 4 saturated carbocycles. The average Bonchev–Trinajstić information content (AvgIpc) is 2.67. The van der Waals surface area contributed by atoms with E-state index in [0.29, 0.717) is 0 Å². The van der Waals surface area contributed by atoms with Gasteiger partial charge in [-0.05, 0) is 91.5 Å². The highest BCUT2D eigenvalue weighted by Crippen LogP contribution is 2.60. The normalized spacial score (nSPS) is 30.3. The maximum absolute atomic E-state index is 12.9. The molecule has 0 heterocycles. The molecule has 4 fully saturated rings. The van der Waals surface area contributed by atoms with Crippen LogP contribution in [0, 0.1) is 17.8 Å². The highest BCUT2D eigenvalue weighted by molar-refractivity contribution is 7.92. The SMILES string of the molecule is NC(=O)c1ccccc1NS(=O)(=O)c1ccc(C23CC4CC(CC(C4)C2)C3)cc1. The lowest BCUT2D eigenvalue weighted by molar-refractivity contribution is -0.00521. The van der Waals surface area contributed by atoms with Crippen molar-refractivity contribution in [3.63, 3.8) is 0 Å². The smallest absolute Gasteiger partial charge is 0.261 e. The summed E-state index contributed by atoms with van der Waals surface area (Å²) in [7, 11) is -3.80. The number of nitrogens with one attached hydrogen (secondary N) is 1. The van der Waals surface area contributed by atoms with Gasteiger partial charge in [0.05, 0.1) is 16.1 Å². The monoisotopic (exact) mass is 410 g/mol. The Morgan fingerprint density at radius 2 is 1.45 bits per heavy atom. The molecule has 0 unspecified atom stereocenters. The van der Waals surface area contributed by atoms with E-state index < -0.39 is 15.9 Å². The predicted molar refractivity (Wildman–Crippen MR) is 112 cm³/mol. The van der Waals surface area contributed by atoms with Crippen LogP contribution in [0.3, 0.4) is 0 Å². The minimum absolute atomic E-state index is 0.154. The highest BCUT2D eigenvalue weighted by Gasteiger charge is 2.51. The lowest BCUT2D eigenvalue weighted by atomic mass is 9.48. The van der Waals surface area contributed by atoms with Crippen LogP contribution in [-0.2, 0) is 15.4 Å². The van der Waals surface area contributed by atoms with Crippen molar-refractivity contribution in [1.82, 2.24) is 0 Å². The molecule has 3 N–H and O–H groups in total. The Kier molecular flexibility index (Phi) is 4.24. The minimum Gasteiger partial charge on any atom is -0.366 e. The fourth-order valence-electron chi connectivity index (χ4n) is 6.44. The molecule has 0 aromatic heterocycles. The fourth-order valence-corrected chi connectivity index (χ4v) is 7.52. The summed E-state index contributed by atoms with van der Waals surface area (Å²) in [4.78, 5) is 11.8. The van der Waals surface area contributed by atoms with Crippen molar-refractivity contribution in [3.8, 4) is 0 Å². The molecule has 2 aromatic rings. The molecule has 4 aliphatic rings. The Labute approximate surface area is 171 Å². The quantitative estimate of drug-likeness (QED) is 0.779. The van der Waals surface area contributed by atoms with Crippen LogP contribution < -0.4 is 10.5 Å². The van der Waals surface area contributed by atoms with Crippen LogP contribution in [0.25, 0.3) is 0 Å².